The van der Waals surface area contributed by atoms with Gasteiger partial charge in [-0.2, -0.15) is 10.5 Å². The second-order valence-electron chi connectivity index (χ2n) is 31.8. The number of benzene rings is 14. The van der Waals surface area contributed by atoms with Gasteiger partial charge in [0.25, 0.3) is 6.71 Å². The molecule has 0 saturated carbocycles. The van der Waals surface area contributed by atoms with Gasteiger partial charge in [0.05, 0.1) is 77.6 Å². The highest BCUT2D eigenvalue weighted by atomic mass is 15.2. The molecule has 18 aromatic rings. The number of nitriles is 2. The van der Waals surface area contributed by atoms with Crippen LogP contribution in [0, 0.1) is 22.7 Å². The van der Waals surface area contributed by atoms with E-state index in [2.05, 4.69) is 274 Å². The third-order valence-electron chi connectivity index (χ3n) is 22.5. The molecule has 14 aromatic carbocycles. The highest BCUT2D eigenvalue weighted by Crippen LogP contribution is 2.51. The second kappa shape index (κ2) is 23.2. The molecule has 0 atom stereocenters. The first-order valence-electron chi connectivity index (χ1n) is 40.6. The third kappa shape index (κ3) is 9.60. The van der Waals surface area contributed by atoms with Gasteiger partial charge in [-0.3, -0.25) is 0 Å². The highest BCUT2D eigenvalue weighted by molar-refractivity contribution is 7.00. The number of aromatic nitrogens is 4. The van der Waals surface area contributed by atoms with Crippen molar-refractivity contribution in [2.45, 2.75) is 78.6 Å². The lowest BCUT2D eigenvalue weighted by Crippen LogP contribution is -2.61. The summed E-state index contributed by atoms with van der Waals surface area (Å²) in [6.07, 6.45) is 0. The van der Waals surface area contributed by atoms with Crippen LogP contribution in [0.3, 0.4) is 0 Å². The van der Waals surface area contributed by atoms with Gasteiger partial charge in [-0.15, -0.1) is 0 Å². The monoisotopic (exact) mass is 1380 g/mol. The first-order chi connectivity index (χ1) is 55.2. The Hall–Kier alpha value is -13.1. The first kappa shape index (κ1) is 55.5. The summed E-state index contributed by atoms with van der Waals surface area (Å²) in [4.78, 5) is 4.47. The summed E-state index contributed by atoms with van der Waals surface area (Å²) < 4.78 is 83.7. The van der Waals surface area contributed by atoms with E-state index in [1.807, 2.05) is 66.7 Å². The number of hydrogen-bond acceptors (Lipinski definition) is 4. The van der Waals surface area contributed by atoms with Crippen molar-refractivity contribution in [2.75, 3.05) is 9.80 Å². The van der Waals surface area contributed by atoms with E-state index < -0.39 is 60.5 Å². The summed E-state index contributed by atoms with van der Waals surface area (Å²) in [6, 6.07) is 86.6. The van der Waals surface area contributed by atoms with E-state index in [-0.39, 0.29) is 32.6 Å². The molecule has 0 fully saturated rings. The summed E-state index contributed by atoms with van der Waals surface area (Å²) >= 11 is 0. The minimum atomic E-state index is -0.620. The molecule has 107 heavy (non-hydrogen) atoms. The number of rotatable bonds is 7. The van der Waals surface area contributed by atoms with Gasteiger partial charge in [0, 0.05) is 88.6 Å². The Morgan fingerprint density at radius 2 is 0.654 bits per heavy atom. The van der Waals surface area contributed by atoms with E-state index in [4.69, 9.17) is 2.74 Å². The molecule has 0 radical (unpaired) electrons. The molecule has 8 nitrogen and oxygen atoms in total. The van der Waals surface area contributed by atoms with Crippen molar-refractivity contribution in [3.05, 3.63) is 319 Å². The predicted molar refractivity (Wildman–Crippen MR) is 449 cm³/mol. The lowest BCUT2D eigenvalue weighted by molar-refractivity contribution is 0.590. The molecule has 2 aliphatic heterocycles. The number of anilines is 6. The molecule has 510 valence electrons. The summed E-state index contributed by atoms with van der Waals surface area (Å²) in [7, 11) is 0. The summed E-state index contributed by atoms with van der Waals surface area (Å²) in [6.45, 7) is 19.5. The predicted octanol–water partition coefficient (Wildman–Crippen LogP) is 23.5. The molecule has 0 amide bonds. The van der Waals surface area contributed by atoms with E-state index in [0.717, 1.165) is 133 Å². The Bertz CT molecular complexity index is 7250. The fraction of sp³-hybridized carbons (Fsp3) is 0.122. The third-order valence-corrected chi connectivity index (χ3v) is 22.5. The zero-order valence-electron chi connectivity index (χ0n) is 68.7. The highest BCUT2D eigenvalue weighted by Gasteiger charge is 2.46. The first-order valence-corrected chi connectivity index (χ1v) is 36.6. The molecule has 0 saturated heterocycles. The topological polar surface area (TPSA) is 73.8 Å². The van der Waals surface area contributed by atoms with E-state index in [1.54, 1.807) is 4.57 Å². The lowest BCUT2D eigenvalue weighted by atomic mass is 9.33. The molecule has 0 bridgehead atoms. The smallest absolute Gasteiger partial charge is 0.252 e. The Kier molecular flexibility index (Phi) is 12.0. The van der Waals surface area contributed by atoms with Crippen molar-refractivity contribution in [3.63, 3.8) is 0 Å². The second-order valence-corrected chi connectivity index (χ2v) is 31.8. The molecular formula is C98H75BN8. The Labute approximate surface area is 634 Å². The van der Waals surface area contributed by atoms with E-state index >= 15 is 0 Å². The summed E-state index contributed by atoms with van der Waals surface area (Å²) in [5, 5.41) is 30.4. The van der Waals surface area contributed by atoms with Gasteiger partial charge >= 0.3 is 0 Å². The molecular weight excluding hydrogens is 1300 g/mol. The van der Waals surface area contributed by atoms with Crippen LogP contribution in [0.4, 0.5) is 34.1 Å². The largest absolute Gasteiger partial charge is 0.310 e. The van der Waals surface area contributed by atoms with Crippen LogP contribution >= 0.6 is 0 Å². The summed E-state index contributed by atoms with van der Waals surface area (Å²) in [5.74, 6) is 0. The summed E-state index contributed by atoms with van der Waals surface area (Å²) in [5.41, 5.74) is 20.7. The average molecular weight is 1380 g/mol. The minimum absolute atomic E-state index is 0.0218. The van der Waals surface area contributed by atoms with Crippen LogP contribution in [-0.2, 0) is 16.2 Å². The molecule has 0 N–H and O–H groups in total. The van der Waals surface area contributed by atoms with Crippen molar-refractivity contribution < 1.29 is 11.0 Å². The quantitative estimate of drug-likeness (QED) is 0.149. The maximum atomic E-state index is 12.0. The number of nitrogens with zero attached hydrogens (tertiary/aromatic N) is 8. The average Bonchev–Trinajstić information content (AvgIpc) is 1.06. The van der Waals surface area contributed by atoms with Gasteiger partial charge in [0.2, 0.25) is 0 Å². The van der Waals surface area contributed by atoms with Crippen LogP contribution in [0.5, 0.6) is 0 Å². The van der Waals surface area contributed by atoms with Gasteiger partial charge in [-0.1, -0.05) is 214 Å². The van der Waals surface area contributed by atoms with E-state index in [1.165, 1.54) is 11.1 Å². The molecule has 0 spiro atoms. The normalized spacial score (nSPS) is 14.1. The van der Waals surface area contributed by atoms with Crippen molar-refractivity contribution >= 4 is 144 Å². The molecule has 6 heterocycles. The van der Waals surface area contributed by atoms with Crippen LogP contribution in [-0.4, -0.2) is 25.0 Å². The van der Waals surface area contributed by atoms with Gasteiger partial charge in [0.1, 0.15) is 12.1 Å². The molecule has 0 aliphatic carbocycles. The number of hydrogen-bond donors (Lipinski definition) is 0. The Morgan fingerprint density at radius 1 is 0.290 bits per heavy atom. The molecule has 9 heteroatoms. The SMILES string of the molecule is [2H]c1c([2H])c([2H])c2c(c1[2H])c1c([2H])c([2H])c([2H])c([2H])c1n2-c1ccc2c(c1)N(c1cc(-n3c4ccccc4c4cc(-c5ccccc5)ccc43)ccc1C#N)c1cc(C(C)(C)C)cc3c1B2c1ccc(-n2c4ccc(C(C)(C)C)cc4c4cc(C(C)(C)C)ccc42)cc1N3c1cc(-n2c3ccccc3c3ccccc32)ccc1C#N. The Balaban J connectivity index is 0.926. The van der Waals surface area contributed by atoms with Gasteiger partial charge < -0.3 is 28.1 Å². The lowest BCUT2D eigenvalue weighted by Gasteiger charge is -2.45. The number of fused-ring (bicyclic) bond motifs is 16. The minimum Gasteiger partial charge on any atom is -0.310 e. The number of para-hydroxylation sites is 5. The van der Waals surface area contributed by atoms with Crippen molar-refractivity contribution in [1.82, 2.24) is 18.3 Å². The maximum Gasteiger partial charge on any atom is 0.252 e. The van der Waals surface area contributed by atoms with Crippen molar-refractivity contribution in [2.24, 2.45) is 0 Å². The molecule has 2 aliphatic rings. The van der Waals surface area contributed by atoms with Crippen LogP contribution in [0.25, 0.3) is 121 Å². The van der Waals surface area contributed by atoms with Crippen LogP contribution in [0.15, 0.2) is 291 Å². The van der Waals surface area contributed by atoms with Gasteiger partial charge in [-0.25, -0.2) is 0 Å². The Morgan fingerprint density at radius 3 is 1.09 bits per heavy atom. The standard InChI is InChI=1S/C98H75BN8/c1-96(2,3)64-38-47-87-77(50-64)78-51-65(97(4,5)6)39-48-88(78)105(87)70-43-45-80-92(57-70)106(89-54-67(40-35-62(89)58-100)102-81-30-18-13-25-71(81)72-26-14-19-31-82(72)102)93-52-66(98(7,8)9)53-94-95(93)99(80)79-44-42-69(103-83-32-20-15-27-73(83)74-28-16-21-33-84(74)103)56-91(79)107(94)90-55-68(41-36-63(90)59-101)104-85-34-22-17-29-75(85)76-49-61(37-46-86(76)104)60-23-11-10-12-24-60/h10-57H,1-9H3/i15D,16D,20D,21D,27D,28D,32D,33D. The zero-order valence-corrected chi connectivity index (χ0v) is 60.7. The van der Waals surface area contributed by atoms with E-state index in [9.17, 15) is 18.7 Å². The van der Waals surface area contributed by atoms with Gasteiger partial charge in [0.15, 0.2) is 0 Å². The molecule has 20 rings (SSSR count). The molecule has 0 unspecified atom stereocenters. The van der Waals surface area contributed by atoms with Crippen molar-refractivity contribution in [3.8, 4) is 46.0 Å². The fourth-order valence-electron chi connectivity index (χ4n) is 17.2. The van der Waals surface area contributed by atoms with Crippen LogP contribution < -0.4 is 26.2 Å². The zero-order chi connectivity index (χ0) is 79.6. The molecule has 4 aromatic heterocycles. The van der Waals surface area contributed by atoms with Gasteiger partial charge in [-0.05, 0) is 200 Å². The van der Waals surface area contributed by atoms with Crippen LogP contribution in [0.1, 0.15) is 101 Å². The van der Waals surface area contributed by atoms with Crippen LogP contribution in [0.2, 0.25) is 0 Å². The van der Waals surface area contributed by atoms with Crippen molar-refractivity contribution in [1.29, 1.82) is 10.5 Å². The van der Waals surface area contributed by atoms with E-state index in [0.29, 0.717) is 33.9 Å². The maximum absolute atomic E-state index is 12.0. The fourth-order valence-corrected chi connectivity index (χ4v) is 17.2.